The van der Waals surface area contributed by atoms with Crippen LogP contribution in [0.15, 0.2) is 30.3 Å². The molecule has 7 nitrogen and oxygen atoms in total. The third-order valence-corrected chi connectivity index (χ3v) is 5.60. The average Bonchev–Trinajstić information content (AvgIpc) is 2.82. The molecule has 178 valence electrons. The minimum absolute atomic E-state index is 0.204. The highest BCUT2D eigenvalue weighted by atomic mass is 16.5. The summed E-state index contributed by atoms with van der Waals surface area (Å²) in [5.41, 5.74) is 2.23. The molecule has 0 aliphatic rings. The normalized spacial score (nSPS) is 12.7. The highest BCUT2D eigenvalue weighted by Gasteiger charge is 2.25. The van der Waals surface area contributed by atoms with E-state index >= 15 is 0 Å². The van der Waals surface area contributed by atoms with Crippen molar-refractivity contribution in [2.45, 2.75) is 12.8 Å². The van der Waals surface area contributed by atoms with Crippen molar-refractivity contribution in [1.29, 1.82) is 0 Å². The van der Waals surface area contributed by atoms with Crippen molar-refractivity contribution in [1.82, 2.24) is 0 Å². The fourth-order valence-corrected chi connectivity index (χ4v) is 4.02. The van der Waals surface area contributed by atoms with Gasteiger partial charge in [0.2, 0.25) is 5.75 Å². The van der Waals surface area contributed by atoms with Crippen LogP contribution in [0.4, 0.5) is 0 Å². The Balaban J connectivity index is 2.33. The maximum Gasteiger partial charge on any atom is 0.203 e. The van der Waals surface area contributed by atoms with Gasteiger partial charge in [-0.3, -0.25) is 0 Å². The van der Waals surface area contributed by atoms with Crippen LogP contribution >= 0.6 is 0 Å². The van der Waals surface area contributed by atoms with Crippen LogP contribution in [0.1, 0.15) is 11.1 Å². The van der Waals surface area contributed by atoms with Gasteiger partial charge >= 0.3 is 0 Å². The van der Waals surface area contributed by atoms with Crippen LogP contribution < -0.4 is 23.7 Å². The summed E-state index contributed by atoms with van der Waals surface area (Å²) in [6.07, 6.45) is 1.58. The van der Waals surface area contributed by atoms with E-state index in [9.17, 15) is 0 Å². The minimum atomic E-state index is 0.204. The van der Waals surface area contributed by atoms with Gasteiger partial charge in [0, 0.05) is 27.4 Å². The summed E-state index contributed by atoms with van der Waals surface area (Å²) in [5.74, 6) is 3.72. The number of ether oxygens (including phenoxy) is 7. The van der Waals surface area contributed by atoms with Gasteiger partial charge in [-0.05, 0) is 60.1 Å². The molecule has 0 heterocycles. The van der Waals surface area contributed by atoms with Gasteiger partial charge in [-0.25, -0.2) is 0 Å². The number of benzene rings is 2. The second kappa shape index (κ2) is 13.0. The minimum Gasteiger partial charge on any atom is -0.493 e. The van der Waals surface area contributed by atoms with E-state index < -0.39 is 0 Å². The van der Waals surface area contributed by atoms with Crippen LogP contribution in [0.3, 0.4) is 0 Å². The van der Waals surface area contributed by atoms with Crippen LogP contribution in [-0.2, 0) is 22.3 Å². The van der Waals surface area contributed by atoms with Crippen molar-refractivity contribution < 1.29 is 33.2 Å². The van der Waals surface area contributed by atoms with E-state index in [1.54, 1.807) is 49.8 Å². The predicted octanol–water partition coefficient (Wildman–Crippen LogP) is 4.04. The Bertz CT molecular complexity index is 812. The molecule has 2 atom stereocenters. The zero-order valence-corrected chi connectivity index (χ0v) is 20.2. The summed E-state index contributed by atoms with van der Waals surface area (Å²) in [4.78, 5) is 0. The van der Waals surface area contributed by atoms with Crippen molar-refractivity contribution in [3.8, 4) is 28.7 Å². The zero-order chi connectivity index (χ0) is 23.5. The SMILES string of the molecule is COC[C@@H](Cc1ccc(OC)c(OC)c1)[C@@H](COC)Cc1cc(OC)c(OC)c(OC)c1. The Morgan fingerprint density at radius 1 is 0.531 bits per heavy atom. The summed E-state index contributed by atoms with van der Waals surface area (Å²) < 4.78 is 38.5. The van der Waals surface area contributed by atoms with E-state index in [0.717, 1.165) is 24.0 Å². The highest BCUT2D eigenvalue weighted by Crippen LogP contribution is 2.39. The fourth-order valence-electron chi connectivity index (χ4n) is 4.02. The molecule has 0 fully saturated rings. The summed E-state index contributed by atoms with van der Waals surface area (Å²) in [6.45, 7) is 1.20. The van der Waals surface area contributed by atoms with Crippen LogP contribution in [0.25, 0.3) is 0 Å². The van der Waals surface area contributed by atoms with Gasteiger partial charge in [-0.1, -0.05) is 6.07 Å². The standard InChI is InChI=1S/C25H36O7/c1-26-15-19(10-17-8-9-21(28-3)22(12-17)29-4)20(16-27-2)11-18-13-23(30-5)25(32-7)24(14-18)31-6/h8-9,12-14,19-20H,10-11,15-16H2,1-7H3/t19-,20-/m1/s1. The van der Waals surface area contributed by atoms with Crippen LogP contribution in [-0.4, -0.2) is 63.0 Å². The highest BCUT2D eigenvalue weighted by molar-refractivity contribution is 5.54. The third-order valence-electron chi connectivity index (χ3n) is 5.60. The molecule has 0 aliphatic heterocycles. The monoisotopic (exact) mass is 448 g/mol. The number of hydrogen-bond donors (Lipinski definition) is 0. The predicted molar refractivity (Wildman–Crippen MR) is 124 cm³/mol. The summed E-state index contributed by atoms with van der Waals surface area (Å²) >= 11 is 0. The number of rotatable bonds is 14. The summed E-state index contributed by atoms with van der Waals surface area (Å²) in [6, 6.07) is 10.00. The summed E-state index contributed by atoms with van der Waals surface area (Å²) in [7, 11) is 11.6. The largest absolute Gasteiger partial charge is 0.493 e. The molecule has 32 heavy (non-hydrogen) atoms. The Labute approximate surface area is 191 Å². The van der Waals surface area contributed by atoms with Gasteiger partial charge in [0.25, 0.3) is 0 Å². The van der Waals surface area contributed by atoms with Gasteiger partial charge in [0.05, 0.1) is 35.5 Å². The molecule has 7 heteroatoms. The van der Waals surface area contributed by atoms with E-state index in [0.29, 0.717) is 42.0 Å². The van der Waals surface area contributed by atoms with Crippen molar-refractivity contribution in [3.63, 3.8) is 0 Å². The van der Waals surface area contributed by atoms with Crippen molar-refractivity contribution in [2.75, 3.05) is 63.0 Å². The third kappa shape index (κ3) is 6.43. The number of methoxy groups -OCH3 is 7. The van der Waals surface area contributed by atoms with Crippen molar-refractivity contribution in [3.05, 3.63) is 41.5 Å². The molecule has 2 rings (SSSR count). The molecule has 2 aromatic rings. The van der Waals surface area contributed by atoms with E-state index in [1.165, 1.54) is 0 Å². The first kappa shape index (κ1) is 25.6. The first-order chi connectivity index (χ1) is 15.5. The lowest BCUT2D eigenvalue weighted by atomic mass is 9.83. The molecule has 0 spiro atoms. The smallest absolute Gasteiger partial charge is 0.203 e. The lowest BCUT2D eigenvalue weighted by Gasteiger charge is -2.27. The van der Waals surface area contributed by atoms with Gasteiger partial charge in [-0.15, -0.1) is 0 Å². The van der Waals surface area contributed by atoms with Gasteiger partial charge in [0.1, 0.15) is 0 Å². The number of hydrogen-bond acceptors (Lipinski definition) is 7. The molecule has 0 N–H and O–H groups in total. The van der Waals surface area contributed by atoms with Crippen LogP contribution in [0.5, 0.6) is 28.7 Å². The van der Waals surface area contributed by atoms with Gasteiger partial charge in [0.15, 0.2) is 23.0 Å². The zero-order valence-electron chi connectivity index (χ0n) is 20.2. The molecule has 2 aromatic carbocycles. The topological polar surface area (TPSA) is 64.6 Å². The Hall–Kier alpha value is -2.64. The lowest BCUT2D eigenvalue weighted by Crippen LogP contribution is -2.27. The van der Waals surface area contributed by atoms with Gasteiger partial charge < -0.3 is 33.2 Å². The van der Waals surface area contributed by atoms with Crippen molar-refractivity contribution >= 4 is 0 Å². The second-order valence-corrected chi connectivity index (χ2v) is 7.56. The van der Waals surface area contributed by atoms with Crippen LogP contribution in [0.2, 0.25) is 0 Å². The molecule has 0 aromatic heterocycles. The van der Waals surface area contributed by atoms with Gasteiger partial charge in [-0.2, -0.15) is 0 Å². The first-order valence-electron chi connectivity index (χ1n) is 10.5. The molecule has 0 unspecified atom stereocenters. The Morgan fingerprint density at radius 2 is 1.00 bits per heavy atom. The maximum atomic E-state index is 5.59. The molecule has 0 radical (unpaired) electrons. The molecule has 0 saturated carbocycles. The van der Waals surface area contributed by atoms with E-state index in [1.807, 2.05) is 24.3 Å². The molecule has 0 amide bonds. The summed E-state index contributed by atoms with van der Waals surface area (Å²) in [5, 5.41) is 0. The quantitative estimate of drug-likeness (QED) is 0.432. The molecular formula is C25H36O7. The van der Waals surface area contributed by atoms with Crippen LogP contribution in [0, 0.1) is 11.8 Å². The lowest BCUT2D eigenvalue weighted by molar-refractivity contribution is 0.0696. The molecule has 0 aliphatic carbocycles. The van der Waals surface area contributed by atoms with E-state index in [2.05, 4.69) is 6.07 Å². The average molecular weight is 449 g/mol. The Morgan fingerprint density at radius 3 is 1.44 bits per heavy atom. The van der Waals surface area contributed by atoms with E-state index in [4.69, 9.17) is 33.2 Å². The molecule has 0 saturated heterocycles. The fraction of sp³-hybridized carbons (Fsp3) is 0.520. The Kier molecular flexibility index (Phi) is 10.4. The van der Waals surface area contributed by atoms with E-state index in [-0.39, 0.29) is 11.8 Å². The first-order valence-corrected chi connectivity index (χ1v) is 10.5. The second-order valence-electron chi connectivity index (χ2n) is 7.56. The molecular weight excluding hydrogens is 412 g/mol. The molecule has 0 bridgehead atoms. The van der Waals surface area contributed by atoms with Crippen molar-refractivity contribution in [2.24, 2.45) is 11.8 Å². The maximum absolute atomic E-state index is 5.59.